The first-order valence-electron chi connectivity index (χ1n) is 3.89. The Morgan fingerprint density at radius 2 is 2.42 bits per heavy atom. The molecule has 0 aliphatic heterocycles. The molecule has 0 atom stereocenters. The number of rotatable bonds is 1. The minimum Gasteiger partial charge on any atom is -0.368 e. The number of nitrogens with one attached hydrogen (secondary N) is 1. The van der Waals surface area contributed by atoms with E-state index in [1.807, 2.05) is 6.20 Å². The van der Waals surface area contributed by atoms with Crippen molar-refractivity contribution < 1.29 is 0 Å². The number of hydrogen-bond acceptors (Lipinski definition) is 3. The van der Waals surface area contributed by atoms with E-state index in [-0.39, 0.29) is 0 Å². The quantitative estimate of drug-likeness (QED) is 0.659. The predicted octanol–water partition coefficient (Wildman–Crippen LogP) is 1.10. The van der Waals surface area contributed by atoms with Gasteiger partial charge in [0.2, 0.25) is 5.95 Å². The van der Waals surface area contributed by atoms with Crippen LogP contribution in [0.4, 0.5) is 5.95 Å². The third-order valence-corrected chi connectivity index (χ3v) is 1.89. The van der Waals surface area contributed by atoms with E-state index in [1.54, 1.807) is 6.20 Å². The molecule has 0 spiro atoms. The fourth-order valence-corrected chi connectivity index (χ4v) is 1.25. The topological polar surface area (TPSA) is 67.6 Å². The molecule has 0 bridgehead atoms. The smallest absolute Gasteiger partial charge is 0.220 e. The summed E-state index contributed by atoms with van der Waals surface area (Å²) in [7, 11) is 0. The Balaban J connectivity index is 2.75. The van der Waals surface area contributed by atoms with Gasteiger partial charge in [-0.2, -0.15) is 0 Å². The van der Waals surface area contributed by atoms with Crippen LogP contribution in [0.15, 0.2) is 12.4 Å². The highest BCUT2D eigenvalue weighted by molar-refractivity contribution is 5.78. The second-order valence-corrected chi connectivity index (χ2v) is 2.66. The van der Waals surface area contributed by atoms with Crippen molar-refractivity contribution in [3.8, 4) is 0 Å². The van der Waals surface area contributed by atoms with Gasteiger partial charge in [0.05, 0.1) is 17.2 Å². The molecule has 0 saturated heterocycles. The van der Waals surface area contributed by atoms with E-state index in [1.165, 1.54) is 5.56 Å². The van der Waals surface area contributed by atoms with Crippen LogP contribution in [0.25, 0.3) is 11.0 Å². The number of aryl methyl sites for hydroxylation is 1. The SMILES string of the molecule is CCc1c[nH]c2cnc(N)nc12. The van der Waals surface area contributed by atoms with Gasteiger partial charge in [0.1, 0.15) is 0 Å². The van der Waals surface area contributed by atoms with Gasteiger partial charge in [0, 0.05) is 6.20 Å². The summed E-state index contributed by atoms with van der Waals surface area (Å²) >= 11 is 0. The molecule has 3 N–H and O–H groups in total. The highest BCUT2D eigenvalue weighted by atomic mass is 15.0. The van der Waals surface area contributed by atoms with E-state index in [4.69, 9.17) is 5.73 Å². The number of nitrogens with zero attached hydrogens (tertiary/aromatic N) is 2. The maximum atomic E-state index is 5.47. The van der Waals surface area contributed by atoms with Gasteiger partial charge in [-0.3, -0.25) is 0 Å². The summed E-state index contributed by atoms with van der Waals surface area (Å²) in [6.07, 6.45) is 4.60. The molecule has 12 heavy (non-hydrogen) atoms. The normalized spacial score (nSPS) is 10.8. The van der Waals surface area contributed by atoms with E-state index in [0.717, 1.165) is 17.5 Å². The van der Waals surface area contributed by atoms with Gasteiger partial charge >= 0.3 is 0 Å². The molecule has 2 aromatic heterocycles. The third kappa shape index (κ3) is 0.922. The Morgan fingerprint density at radius 1 is 1.58 bits per heavy atom. The number of aromatic nitrogens is 3. The van der Waals surface area contributed by atoms with Gasteiger partial charge in [-0.05, 0) is 12.0 Å². The second-order valence-electron chi connectivity index (χ2n) is 2.66. The van der Waals surface area contributed by atoms with Gasteiger partial charge in [0.25, 0.3) is 0 Å². The van der Waals surface area contributed by atoms with Crippen molar-refractivity contribution in [2.24, 2.45) is 0 Å². The molecule has 4 nitrogen and oxygen atoms in total. The Bertz CT molecular complexity index is 404. The number of nitrogen functional groups attached to an aromatic ring is 1. The number of hydrogen-bond donors (Lipinski definition) is 2. The van der Waals surface area contributed by atoms with Gasteiger partial charge in [0.15, 0.2) is 0 Å². The van der Waals surface area contributed by atoms with Crippen molar-refractivity contribution in [3.05, 3.63) is 18.0 Å². The van der Waals surface area contributed by atoms with Crippen molar-refractivity contribution in [1.82, 2.24) is 15.0 Å². The first-order valence-corrected chi connectivity index (χ1v) is 3.89. The van der Waals surface area contributed by atoms with Gasteiger partial charge in [-0.1, -0.05) is 6.92 Å². The zero-order chi connectivity index (χ0) is 8.55. The van der Waals surface area contributed by atoms with Gasteiger partial charge in [-0.15, -0.1) is 0 Å². The van der Waals surface area contributed by atoms with E-state index in [0.29, 0.717) is 5.95 Å². The maximum absolute atomic E-state index is 5.47. The van der Waals surface area contributed by atoms with E-state index >= 15 is 0 Å². The highest BCUT2D eigenvalue weighted by Crippen LogP contribution is 2.15. The molecule has 2 aromatic rings. The number of anilines is 1. The van der Waals surface area contributed by atoms with Crippen molar-refractivity contribution >= 4 is 17.0 Å². The molecule has 0 aromatic carbocycles. The predicted molar refractivity (Wildman–Crippen MR) is 47.7 cm³/mol. The Labute approximate surface area is 69.8 Å². The molecule has 0 fully saturated rings. The largest absolute Gasteiger partial charge is 0.368 e. The summed E-state index contributed by atoms with van der Waals surface area (Å²) in [6, 6.07) is 0. The van der Waals surface area contributed by atoms with E-state index in [9.17, 15) is 0 Å². The first kappa shape index (κ1) is 7.09. The average Bonchev–Trinajstić information content (AvgIpc) is 2.46. The monoisotopic (exact) mass is 162 g/mol. The summed E-state index contributed by atoms with van der Waals surface area (Å²) in [5.74, 6) is 0.330. The molecule has 0 radical (unpaired) electrons. The summed E-state index contributed by atoms with van der Waals surface area (Å²) < 4.78 is 0. The minimum atomic E-state index is 0.330. The zero-order valence-corrected chi connectivity index (χ0v) is 6.83. The van der Waals surface area contributed by atoms with Crippen LogP contribution in [0, 0.1) is 0 Å². The molecule has 4 heteroatoms. The fraction of sp³-hybridized carbons (Fsp3) is 0.250. The van der Waals surface area contributed by atoms with Crippen LogP contribution >= 0.6 is 0 Å². The summed E-state index contributed by atoms with van der Waals surface area (Å²) in [5, 5.41) is 0. The summed E-state index contributed by atoms with van der Waals surface area (Å²) in [6.45, 7) is 2.08. The summed E-state index contributed by atoms with van der Waals surface area (Å²) in [5.41, 5.74) is 8.53. The van der Waals surface area contributed by atoms with Crippen LogP contribution in [0.1, 0.15) is 12.5 Å². The molecule has 2 heterocycles. The third-order valence-electron chi connectivity index (χ3n) is 1.89. The molecular weight excluding hydrogens is 152 g/mol. The van der Waals surface area contributed by atoms with Crippen LogP contribution in [0.2, 0.25) is 0 Å². The van der Waals surface area contributed by atoms with Gasteiger partial charge in [-0.25, -0.2) is 9.97 Å². The molecule has 0 aliphatic rings. The first-order chi connectivity index (χ1) is 5.81. The molecule has 0 unspecified atom stereocenters. The molecule has 62 valence electrons. The lowest BCUT2D eigenvalue weighted by atomic mass is 10.2. The van der Waals surface area contributed by atoms with E-state index in [2.05, 4.69) is 21.9 Å². The molecular formula is C8H10N4. The van der Waals surface area contributed by atoms with Crippen molar-refractivity contribution in [3.63, 3.8) is 0 Å². The van der Waals surface area contributed by atoms with Crippen molar-refractivity contribution in [2.75, 3.05) is 5.73 Å². The van der Waals surface area contributed by atoms with Gasteiger partial charge < -0.3 is 10.7 Å². The van der Waals surface area contributed by atoms with Crippen LogP contribution in [0.5, 0.6) is 0 Å². The summed E-state index contributed by atoms with van der Waals surface area (Å²) in [4.78, 5) is 11.1. The molecule has 0 saturated carbocycles. The second kappa shape index (κ2) is 2.48. The lowest BCUT2D eigenvalue weighted by Crippen LogP contribution is -1.93. The lowest BCUT2D eigenvalue weighted by molar-refractivity contribution is 1.14. The fourth-order valence-electron chi connectivity index (χ4n) is 1.25. The lowest BCUT2D eigenvalue weighted by Gasteiger charge is -1.93. The van der Waals surface area contributed by atoms with Crippen LogP contribution in [-0.2, 0) is 6.42 Å². The molecule has 2 rings (SSSR count). The number of H-pyrrole nitrogens is 1. The van der Waals surface area contributed by atoms with E-state index < -0.39 is 0 Å². The highest BCUT2D eigenvalue weighted by Gasteiger charge is 2.03. The zero-order valence-electron chi connectivity index (χ0n) is 6.83. The van der Waals surface area contributed by atoms with Crippen LogP contribution in [-0.4, -0.2) is 15.0 Å². The minimum absolute atomic E-state index is 0.330. The van der Waals surface area contributed by atoms with Crippen molar-refractivity contribution in [2.45, 2.75) is 13.3 Å². The van der Waals surface area contributed by atoms with Crippen LogP contribution < -0.4 is 5.73 Å². The number of fused-ring (bicyclic) bond motifs is 1. The van der Waals surface area contributed by atoms with Crippen LogP contribution in [0.3, 0.4) is 0 Å². The number of nitrogens with two attached hydrogens (primary N) is 1. The standard InChI is InChI=1S/C8H10N4/c1-2-5-3-10-6-4-11-8(9)12-7(5)6/h3-4,10H,2H2,1H3,(H2,9,11,12). The molecule has 0 aliphatic carbocycles. The maximum Gasteiger partial charge on any atom is 0.220 e. The number of aromatic amines is 1. The van der Waals surface area contributed by atoms with Crippen molar-refractivity contribution in [1.29, 1.82) is 0 Å². The molecule has 0 amide bonds. The Kier molecular flexibility index (Phi) is 1.46. The Morgan fingerprint density at radius 3 is 3.17 bits per heavy atom. The Hall–Kier alpha value is -1.58. The average molecular weight is 162 g/mol.